The number of nitrogens with one attached hydrogen (secondary N) is 2. The summed E-state index contributed by atoms with van der Waals surface area (Å²) in [5.41, 5.74) is 6.93. The van der Waals surface area contributed by atoms with Crippen molar-refractivity contribution in [2.45, 2.75) is 26.7 Å². The summed E-state index contributed by atoms with van der Waals surface area (Å²) in [7, 11) is 0. The summed E-state index contributed by atoms with van der Waals surface area (Å²) in [6.07, 6.45) is 0. The Labute approximate surface area is 211 Å². The Morgan fingerprint density at radius 1 is 0.943 bits per heavy atom. The highest BCUT2D eigenvalue weighted by Gasteiger charge is 2.46. The first-order chi connectivity index (χ1) is 16.7. The van der Waals surface area contributed by atoms with Gasteiger partial charge in [-0.1, -0.05) is 29.3 Å². The van der Waals surface area contributed by atoms with Gasteiger partial charge < -0.3 is 9.47 Å². The average Bonchev–Trinajstić information content (AvgIpc) is 3.33. The molecule has 0 aromatic heterocycles. The van der Waals surface area contributed by atoms with Gasteiger partial charge in [0, 0.05) is 17.3 Å². The highest BCUT2D eigenvalue weighted by Crippen LogP contribution is 2.41. The molecule has 35 heavy (non-hydrogen) atoms. The third-order valence-electron chi connectivity index (χ3n) is 5.88. The molecule has 0 aliphatic carbocycles. The van der Waals surface area contributed by atoms with Crippen LogP contribution in [0.2, 0.25) is 10.0 Å². The van der Waals surface area contributed by atoms with Gasteiger partial charge in [-0.25, -0.2) is 15.6 Å². The molecule has 2 aromatic carbocycles. The fourth-order valence-corrected chi connectivity index (χ4v) is 4.53. The first kappa shape index (κ1) is 24.7. The zero-order chi connectivity index (χ0) is 25.3. The molecule has 4 rings (SSSR count). The summed E-state index contributed by atoms with van der Waals surface area (Å²) in [4.78, 5) is 38.1. The van der Waals surface area contributed by atoms with Gasteiger partial charge >= 0.3 is 5.97 Å². The Morgan fingerprint density at radius 2 is 1.57 bits per heavy atom. The van der Waals surface area contributed by atoms with Crippen LogP contribution in [0.3, 0.4) is 0 Å². The van der Waals surface area contributed by atoms with E-state index in [1.54, 1.807) is 39.0 Å². The van der Waals surface area contributed by atoms with Crippen LogP contribution in [0.15, 0.2) is 46.6 Å². The predicted molar refractivity (Wildman–Crippen MR) is 131 cm³/mol. The summed E-state index contributed by atoms with van der Waals surface area (Å²) in [6, 6.07) is 9.36. The average molecular weight is 517 g/mol. The molecular weight excluding hydrogens is 495 g/mol. The molecule has 2 amide bonds. The van der Waals surface area contributed by atoms with Gasteiger partial charge in [0.15, 0.2) is 11.5 Å². The van der Waals surface area contributed by atoms with Crippen LogP contribution < -0.4 is 20.3 Å². The van der Waals surface area contributed by atoms with E-state index in [-0.39, 0.29) is 33.9 Å². The molecule has 11 heteroatoms. The number of benzene rings is 2. The third-order valence-corrected chi connectivity index (χ3v) is 6.62. The fourth-order valence-electron chi connectivity index (χ4n) is 4.23. The smallest absolute Gasteiger partial charge is 0.343 e. The largest absolute Gasteiger partial charge is 0.490 e. The Morgan fingerprint density at radius 3 is 2.09 bits per heavy atom. The van der Waals surface area contributed by atoms with Crippen LogP contribution in [0.1, 0.15) is 42.6 Å². The van der Waals surface area contributed by atoms with Gasteiger partial charge in [0.1, 0.15) is 0 Å². The second-order valence-electron chi connectivity index (χ2n) is 8.10. The van der Waals surface area contributed by atoms with Crippen LogP contribution in [0.4, 0.5) is 0 Å². The summed E-state index contributed by atoms with van der Waals surface area (Å²) < 4.78 is 11.3. The van der Waals surface area contributed by atoms with Gasteiger partial charge in [0.2, 0.25) is 11.8 Å². The normalized spacial score (nSPS) is 20.0. The van der Waals surface area contributed by atoms with Crippen LogP contribution >= 0.6 is 23.2 Å². The Balaban J connectivity index is 1.72. The van der Waals surface area contributed by atoms with Crippen molar-refractivity contribution in [2.24, 2.45) is 22.0 Å². The van der Waals surface area contributed by atoms with Crippen LogP contribution in [-0.4, -0.2) is 35.8 Å². The number of nitrogens with zero attached hydrogens (tertiary/aromatic N) is 2. The number of carbonyl (C=O) groups excluding carboxylic acids is 3. The van der Waals surface area contributed by atoms with Crippen LogP contribution in [-0.2, 0) is 9.59 Å². The molecule has 0 saturated carbocycles. The Kier molecular flexibility index (Phi) is 7.09. The maximum atomic E-state index is 12.7. The van der Waals surface area contributed by atoms with E-state index in [0.717, 1.165) is 0 Å². The highest BCUT2D eigenvalue weighted by atomic mass is 35.5. The van der Waals surface area contributed by atoms with Gasteiger partial charge in [0.05, 0.1) is 34.1 Å². The minimum Gasteiger partial charge on any atom is -0.490 e. The number of hydrogen-bond donors (Lipinski definition) is 2. The molecule has 0 saturated heterocycles. The van der Waals surface area contributed by atoms with E-state index in [9.17, 15) is 14.4 Å². The lowest BCUT2D eigenvalue weighted by molar-refractivity contribution is -0.125. The van der Waals surface area contributed by atoms with Crippen molar-refractivity contribution < 1.29 is 23.9 Å². The number of esters is 1. The van der Waals surface area contributed by atoms with Crippen LogP contribution in [0, 0.1) is 11.8 Å². The van der Waals surface area contributed by atoms with Gasteiger partial charge in [0.25, 0.3) is 0 Å². The number of rotatable bonds is 7. The molecule has 2 aromatic rings. The molecule has 2 N–H and O–H groups in total. The number of hydrogen-bond acceptors (Lipinski definition) is 7. The summed E-state index contributed by atoms with van der Waals surface area (Å²) >= 11 is 12.0. The molecule has 0 spiro atoms. The van der Waals surface area contributed by atoms with E-state index in [1.807, 2.05) is 0 Å². The maximum absolute atomic E-state index is 12.7. The molecule has 2 unspecified atom stereocenters. The van der Waals surface area contributed by atoms with E-state index in [0.29, 0.717) is 28.6 Å². The van der Waals surface area contributed by atoms with Crippen molar-refractivity contribution in [3.05, 3.63) is 57.6 Å². The number of amides is 2. The maximum Gasteiger partial charge on any atom is 0.343 e. The van der Waals surface area contributed by atoms with Crippen molar-refractivity contribution in [2.75, 3.05) is 6.61 Å². The SMILES string of the molecule is CCOc1cc(C(C2C(=O)NN=C2C)C2C(=O)NN=C2C)ccc1OC(=O)c1ccc(Cl)c(Cl)c1. The molecular formula is C24H22Cl2N4O5. The predicted octanol–water partition coefficient (Wildman–Crippen LogP) is 3.94. The number of ether oxygens (including phenoxy) is 2. The second kappa shape index (κ2) is 10.1. The number of carbonyl (C=O) groups is 3. The van der Waals surface area contributed by atoms with Gasteiger partial charge in [-0.2, -0.15) is 10.2 Å². The lowest BCUT2D eigenvalue weighted by Crippen LogP contribution is -2.38. The summed E-state index contributed by atoms with van der Waals surface area (Å²) in [5, 5.41) is 8.65. The molecule has 2 heterocycles. The quantitative estimate of drug-likeness (QED) is 0.426. The van der Waals surface area contributed by atoms with Crippen LogP contribution in [0.25, 0.3) is 0 Å². The van der Waals surface area contributed by atoms with Crippen molar-refractivity contribution in [1.82, 2.24) is 10.9 Å². The lowest BCUT2D eigenvalue weighted by Gasteiger charge is -2.27. The fraction of sp³-hybridized carbons (Fsp3) is 0.292. The summed E-state index contributed by atoms with van der Waals surface area (Å²) in [6.45, 7) is 5.54. The second-order valence-corrected chi connectivity index (χ2v) is 8.91. The molecule has 0 radical (unpaired) electrons. The molecule has 2 atom stereocenters. The minimum absolute atomic E-state index is 0.174. The molecule has 2 aliphatic heterocycles. The summed E-state index contributed by atoms with van der Waals surface area (Å²) in [5.74, 6) is -2.80. The zero-order valence-electron chi connectivity index (χ0n) is 19.1. The zero-order valence-corrected chi connectivity index (χ0v) is 20.6. The van der Waals surface area contributed by atoms with Gasteiger partial charge in [-0.3, -0.25) is 9.59 Å². The molecule has 0 fully saturated rings. The highest BCUT2D eigenvalue weighted by molar-refractivity contribution is 6.42. The van der Waals surface area contributed by atoms with Crippen molar-refractivity contribution in [3.63, 3.8) is 0 Å². The van der Waals surface area contributed by atoms with Crippen LogP contribution in [0.5, 0.6) is 11.5 Å². The van der Waals surface area contributed by atoms with E-state index in [1.165, 1.54) is 18.2 Å². The minimum atomic E-state index is -0.687. The molecule has 0 bridgehead atoms. The number of halogens is 2. The lowest BCUT2D eigenvalue weighted by atomic mass is 9.73. The molecule has 2 aliphatic rings. The third kappa shape index (κ3) is 4.87. The van der Waals surface area contributed by atoms with Crippen molar-refractivity contribution in [3.8, 4) is 11.5 Å². The van der Waals surface area contributed by atoms with Gasteiger partial charge in [-0.05, 0) is 56.7 Å². The van der Waals surface area contributed by atoms with Gasteiger partial charge in [-0.15, -0.1) is 0 Å². The van der Waals surface area contributed by atoms with E-state index in [4.69, 9.17) is 32.7 Å². The molecule has 9 nitrogen and oxygen atoms in total. The van der Waals surface area contributed by atoms with E-state index < -0.39 is 23.7 Å². The van der Waals surface area contributed by atoms with E-state index >= 15 is 0 Å². The first-order valence-corrected chi connectivity index (χ1v) is 11.6. The first-order valence-electron chi connectivity index (χ1n) is 10.8. The Hall–Kier alpha value is -3.43. The standard InChI is InChI=1S/C24H22Cl2N4O5/c1-4-34-18-10-13(6-8-17(18)35-24(33)14-5-7-15(25)16(26)9-14)21(19-11(2)27-29-22(19)31)20-12(3)28-30-23(20)32/h5-10,19-21H,4H2,1-3H3,(H,29,31)(H,30,32). The van der Waals surface area contributed by atoms with Crippen molar-refractivity contribution >= 4 is 52.4 Å². The monoisotopic (exact) mass is 516 g/mol. The number of hydrazone groups is 2. The van der Waals surface area contributed by atoms with Crippen molar-refractivity contribution in [1.29, 1.82) is 0 Å². The Bertz CT molecular complexity index is 1240. The van der Waals surface area contributed by atoms with E-state index in [2.05, 4.69) is 21.1 Å². The molecule has 182 valence electrons. The topological polar surface area (TPSA) is 118 Å².